The number of tetrazole rings is 1. The molecular weight excluding hydrogens is 322 g/mol. The van der Waals surface area contributed by atoms with E-state index in [1.807, 2.05) is 35.9 Å². The fourth-order valence-corrected chi connectivity index (χ4v) is 3.27. The average molecular weight is 343 g/mol. The molecule has 0 bridgehead atoms. The molecule has 1 aromatic carbocycles. The molecule has 24 heavy (non-hydrogen) atoms. The highest BCUT2D eigenvalue weighted by Crippen LogP contribution is 2.23. The Morgan fingerprint density at radius 2 is 2.12 bits per heavy atom. The topological polar surface area (TPSA) is 64.7 Å². The van der Waals surface area contributed by atoms with Crippen molar-refractivity contribution in [3.05, 3.63) is 48.0 Å². The number of thioether (sulfide) groups is 1. The summed E-state index contributed by atoms with van der Waals surface area (Å²) in [6, 6.07) is 6.44. The van der Waals surface area contributed by atoms with Gasteiger partial charge >= 0.3 is 0 Å². The van der Waals surface area contributed by atoms with Crippen LogP contribution in [-0.4, -0.2) is 55.3 Å². The lowest BCUT2D eigenvalue weighted by Crippen LogP contribution is -2.19. The fourth-order valence-electron chi connectivity index (χ4n) is 2.29. The number of benzene rings is 1. The first-order chi connectivity index (χ1) is 11.6. The minimum absolute atomic E-state index is 0.793. The maximum atomic E-state index is 4.13. The molecule has 126 valence electrons. The van der Waals surface area contributed by atoms with Crippen molar-refractivity contribution in [3.8, 4) is 5.69 Å². The van der Waals surface area contributed by atoms with Crippen molar-refractivity contribution < 1.29 is 0 Å². The molecule has 0 saturated heterocycles. The zero-order chi connectivity index (χ0) is 16.9. The van der Waals surface area contributed by atoms with Crippen molar-refractivity contribution in [2.45, 2.75) is 24.4 Å². The minimum Gasteiger partial charge on any atom is -0.308 e. The van der Waals surface area contributed by atoms with E-state index in [1.165, 1.54) is 11.1 Å². The highest BCUT2D eigenvalue weighted by atomic mass is 32.2. The van der Waals surface area contributed by atoms with Gasteiger partial charge in [-0.1, -0.05) is 17.8 Å². The zero-order valence-corrected chi connectivity index (χ0v) is 14.9. The van der Waals surface area contributed by atoms with Crippen molar-refractivity contribution in [2.24, 2.45) is 0 Å². The second-order valence-corrected chi connectivity index (χ2v) is 6.80. The standard InChI is InChI=1S/C16H21N7S/c1-13-10-15(22-7-6-17-12-22)5-4-14(13)11-24-16-18-19-20-23(16)9-8-21(2)3/h4-7,10,12H,8-9,11H2,1-3H3. The van der Waals surface area contributed by atoms with Gasteiger partial charge in [0.15, 0.2) is 0 Å². The summed E-state index contributed by atoms with van der Waals surface area (Å²) in [7, 11) is 4.09. The molecule has 0 unspecified atom stereocenters. The van der Waals surface area contributed by atoms with Crippen LogP contribution in [-0.2, 0) is 12.3 Å². The van der Waals surface area contributed by atoms with E-state index in [0.29, 0.717) is 0 Å². The van der Waals surface area contributed by atoms with Gasteiger partial charge in [-0.3, -0.25) is 0 Å². The molecule has 0 amide bonds. The molecule has 0 N–H and O–H groups in total. The summed E-state index contributed by atoms with van der Waals surface area (Å²) in [4.78, 5) is 6.21. The molecule has 0 aliphatic heterocycles. The molecule has 2 heterocycles. The van der Waals surface area contributed by atoms with Gasteiger partial charge in [0.25, 0.3) is 0 Å². The maximum Gasteiger partial charge on any atom is 0.209 e. The van der Waals surface area contributed by atoms with Crippen LogP contribution < -0.4 is 0 Å². The highest BCUT2D eigenvalue weighted by Gasteiger charge is 2.09. The Labute approximate surface area is 145 Å². The number of imidazole rings is 1. The molecular formula is C16H21N7S. The van der Waals surface area contributed by atoms with E-state index in [-0.39, 0.29) is 0 Å². The van der Waals surface area contributed by atoms with Gasteiger partial charge in [-0.05, 0) is 54.7 Å². The van der Waals surface area contributed by atoms with Gasteiger partial charge in [0.05, 0.1) is 12.9 Å². The molecule has 0 aliphatic rings. The van der Waals surface area contributed by atoms with E-state index in [1.54, 1.807) is 18.0 Å². The number of nitrogens with zero attached hydrogens (tertiary/aromatic N) is 7. The summed E-state index contributed by atoms with van der Waals surface area (Å²) in [5, 5.41) is 12.9. The van der Waals surface area contributed by atoms with Gasteiger partial charge in [-0.25, -0.2) is 9.67 Å². The smallest absolute Gasteiger partial charge is 0.209 e. The Kier molecular flexibility index (Phi) is 5.27. The molecule has 0 aliphatic carbocycles. The van der Waals surface area contributed by atoms with E-state index < -0.39 is 0 Å². The molecule has 0 radical (unpaired) electrons. The average Bonchev–Trinajstić information content (AvgIpc) is 3.23. The number of rotatable bonds is 7. The number of likely N-dealkylation sites (N-methyl/N-ethyl adjacent to an activating group) is 1. The van der Waals surface area contributed by atoms with Crippen LogP contribution in [0.15, 0.2) is 42.1 Å². The van der Waals surface area contributed by atoms with E-state index in [4.69, 9.17) is 0 Å². The lowest BCUT2D eigenvalue weighted by molar-refractivity contribution is 0.361. The van der Waals surface area contributed by atoms with Crippen LogP contribution in [0.25, 0.3) is 5.69 Å². The van der Waals surface area contributed by atoms with Crippen LogP contribution in [0.1, 0.15) is 11.1 Å². The van der Waals surface area contributed by atoms with Crippen LogP contribution in [0.3, 0.4) is 0 Å². The number of hydrogen-bond donors (Lipinski definition) is 0. The summed E-state index contributed by atoms with van der Waals surface area (Å²) in [5.74, 6) is 0.846. The molecule has 8 heteroatoms. The van der Waals surface area contributed by atoms with Crippen molar-refractivity contribution in [2.75, 3.05) is 20.6 Å². The minimum atomic E-state index is 0.793. The fraction of sp³-hybridized carbons (Fsp3) is 0.375. The Balaban J connectivity index is 1.66. The first-order valence-corrected chi connectivity index (χ1v) is 8.73. The van der Waals surface area contributed by atoms with Gasteiger partial charge < -0.3 is 9.47 Å². The lowest BCUT2D eigenvalue weighted by Gasteiger charge is -2.11. The monoisotopic (exact) mass is 343 g/mol. The Bertz CT molecular complexity index is 780. The second kappa shape index (κ2) is 7.59. The highest BCUT2D eigenvalue weighted by molar-refractivity contribution is 7.98. The van der Waals surface area contributed by atoms with Gasteiger partial charge in [0.2, 0.25) is 5.16 Å². The predicted octanol–water partition coefficient (Wildman–Crippen LogP) is 2.02. The molecule has 0 spiro atoms. The molecule has 3 aromatic rings. The largest absolute Gasteiger partial charge is 0.308 e. The van der Waals surface area contributed by atoms with Crippen molar-refractivity contribution in [1.29, 1.82) is 0 Å². The quantitative estimate of drug-likeness (QED) is 0.612. The third-order valence-electron chi connectivity index (χ3n) is 3.74. The molecule has 3 rings (SSSR count). The summed E-state index contributed by atoms with van der Waals surface area (Å²) in [6.45, 7) is 3.84. The molecule has 0 fully saturated rings. The zero-order valence-electron chi connectivity index (χ0n) is 14.1. The third kappa shape index (κ3) is 4.01. The molecule has 7 nitrogen and oxygen atoms in total. The van der Waals surface area contributed by atoms with Gasteiger partial charge in [-0.2, -0.15) is 0 Å². The van der Waals surface area contributed by atoms with Crippen molar-refractivity contribution in [1.82, 2.24) is 34.7 Å². The molecule has 2 aromatic heterocycles. The first kappa shape index (κ1) is 16.7. The van der Waals surface area contributed by atoms with Crippen molar-refractivity contribution in [3.63, 3.8) is 0 Å². The maximum absolute atomic E-state index is 4.13. The van der Waals surface area contributed by atoms with Crippen LogP contribution in [0.4, 0.5) is 0 Å². The normalized spacial score (nSPS) is 11.3. The Morgan fingerprint density at radius 3 is 2.83 bits per heavy atom. The van der Waals surface area contributed by atoms with Gasteiger partial charge in [-0.15, -0.1) is 5.10 Å². The summed E-state index contributed by atoms with van der Waals surface area (Å²) in [6.07, 6.45) is 5.54. The van der Waals surface area contributed by atoms with E-state index in [0.717, 1.165) is 29.7 Å². The summed E-state index contributed by atoms with van der Waals surface area (Å²) >= 11 is 1.67. The first-order valence-electron chi connectivity index (χ1n) is 7.75. The second-order valence-electron chi connectivity index (χ2n) is 5.86. The van der Waals surface area contributed by atoms with E-state index in [9.17, 15) is 0 Å². The SMILES string of the molecule is Cc1cc(-n2ccnc2)ccc1CSc1nnnn1CCN(C)C. The summed E-state index contributed by atoms with van der Waals surface area (Å²) < 4.78 is 3.87. The Hall–Kier alpha value is -2.19. The van der Waals surface area contributed by atoms with E-state index in [2.05, 4.69) is 50.5 Å². The molecule has 0 atom stereocenters. The van der Waals surface area contributed by atoms with Gasteiger partial charge in [0, 0.05) is 30.4 Å². The number of aryl methyl sites for hydroxylation is 1. The molecule has 0 saturated carbocycles. The number of hydrogen-bond acceptors (Lipinski definition) is 6. The van der Waals surface area contributed by atoms with Crippen molar-refractivity contribution >= 4 is 11.8 Å². The lowest BCUT2D eigenvalue weighted by atomic mass is 10.1. The van der Waals surface area contributed by atoms with Gasteiger partial charge in [0.1, 0.15) is 0 Å². The predicted molar refractivity (Wildman–Crippen MR) is 94.2 cm³/mol. The van der Waals surface area contributed by atoms with E-state index >= 15 is 0 Å². The van der Waals surface area contributed by atoms with Crippen LogP contribution >= 0.6 is 11.8 Å². The Morgan fingerprint density at radius 1 is 1.25 bits per heavy atom. The van der Waals surface area contributed by atoms with Crippen LogP contribution in [0, 0.1) is 6.92 Å². The van der Waals surface area contributed by atoms with Crippen LogP contribution in [0.2, 0.25) is 0 Å². The third-order valence-corrected chi connectivity index (χ3v) is 4.75. The summed E-state index contributed by atoms with van der Waals surface area (Å²) in [5.41, 5.74) is 3.65. The van der Waals surface area contributed by atoms with Crippen LogP contribution in [0.5, 0.6) is 0 Å². The number of aromatic nitrogens is 6.